The van der Waals surface area contributed by atoms with Gasteiger partial charge in [-0.25, -0.2) is 12.7 Å². The van der Waals surface area contributed by atoms with Gasteiger partial charge in [0.2, 0.25) is 10.0 Å². The third-order valence-electron chi connectivity index (χ3n) is 5.23. The maximum Gasteiger partial charge on any atom is 0.310 e. The Labute approximate surface area is 145 Å². The summed E-state index contributed by atoms with van der Waals surface area (Å²) in [5.74, 6) is -0.941. The van der Waals surface area contributed by atoms with Gasteiger partial charge in [-0.1, -0.05) is 26.7 Å². The summed E-state index contributed by atoms with van der Waals surface area (Å²) >= 11 is 0. The van der Waals surface area contributed by atoms with Crippen LogP contribution in [-0.4, -0.2) is 50.2 Å². The average molecular weight is 369 g/mol. The minimum Gasteiger partial charge on any atom is -0.469 e. The summed E-state index contributed by atoms with van der Waals surface area (Å²) in [6.45, 7) is 4.86. The molecule has 0 bridgehead atoms. The monoisotopic (exact) mass is 368 g/mol. The van der Waals surface area contributed by atoms with E-state index in [0.717, 1.165) is 12.8 Å². The van der Waals surface area contributed by atoms with E-state index < -0.39 is 27.2 Å². The van der Waals surface area contributed by atoms with Gasteiger partial charge < -0.3 is 10.5 Å². The average Bonchev–Trinajstić information content (AvgIpc) is 2.49. The normalized spacial score (nSPS) is 31.9. The van der Waals surface area contributed by atoms with E-state index in [4.69, 9.17) is 10.5 Å². The van der Waals surface area contributed by atoms with Gasteiger partial charge >= 0.3 is 5.97 Å². The zero-order valence-electron chi connectivity index (χ0n) is 14.2. The Hall–Kier alpha value is -0.370. The molecule has 3 unspecified atom stereocenters. The lowest BCUT2D eigenvalue weighted by Crippen LogP contribution is -2.56. The van der Waals surface area contributed by atoms with Gasteiger partial charge in [0.05, 0.1) is 18.3 Å². The Kier molecular flexibility index (Phi) is 6.90. The largest absolute Gasteiger partial charge is 0.469 e. The highest BCUT2D eigenvalue weighted by atomic mass is 35.5. The first-order valence-corrected chi connectivity index (χ1v) is 9.53. The fourth-order valence-electron chi connectivity index (χ4n) is 3.61. The highest BCUT2D eigenvalue weighted by Crippen LogP contribution is 2.36. The van der Waals surface area contributed by atoms with Crippen molar-refractivity contribution in [3.05, 3.63) is 0 Å². The van der Waals surface area contributed by atoms with E-state index in [1.54, 1.807) is 4.31 Å². The van der Waals surface area contributed by atoms with Crippen molar-refractivity contribution in [2.45, 2.75) is 57.2 Å². The maximum atomic E-state index is 13.0. The number of ether oxygens (including phenoxy) is 1. The number of hydrogen-bond donors (Lipinski definition) is 1. The van der Waals surface area contributed by atoms with Crippen molar-refractivity contribution in [3.8, 4) is 0 Å². The predicted octanol–water partition coefficient (Wildman–Crippen LogP) is 1.53. The summed E-state index contributed by atoms with van der Waals surface area (Å²) in [5, 5.41) is -0.654. The second-order valence-corrected chi connectivity index (χ2v) is 9.37. The summed E-state index contributed by atoms with van der Waals surface area (Å²) in [4.78, 5) is 12.0. The minimum atomic E-state index is -3.51. The standard InChI is InChI=1S/C15H28N2O4S.ClH/c1-15(2)10-17(9-8-13(15)16)22(19,20)12-7-5-4-6-11(12)14(18)21-3;/h11-13H,4-10,16H2,1-3H3;1H. The Bertz CT molecular complexity index is 524. The van der Waals surface area contributed by atoms with Crippen LogP contribution in [0.3, 0.4) is 0 Å². The Morgan fingerprint density at radius 2 is 1.83 bits per heavy atom. The molecule has 1 aliphatic heterocycles. The molecule has 136 valence electrons. The molecule has 0 radical (unpaired) electrons. The lowest BCUT2D eigenvalue weighted by Gasteiger charge is -2.44. The molecule has 6 nitrogen and oxygen atoms in total. The second-order valence-electron chi connectivity index (χ2n) is 7.21. The van der Waals surface area contributed by atoms with Crippen molar-refractivity contribution in [2.75, 3.05) is 20.2 Å². The van der Waals surface area contributed by atoms with Crippen molar-refractivity contribution in [3.63, 3.8) is 0 Å². The fourth-order valence-corrected chi connectivity index (χ4v) is 5.99. The molecule has 2 rings (SSSR count). The SMILES string of the molecule is COC(=O)C1CCCCC1S(=O)(=O)N1CCC(N)C(C)(C)C1.Cl. The van der Waals surface area contributed by atoms with E-state index in [2.05, 4.69) is 0 Å². The quantitative estimate of drug-likeness (QED) is 0.763. The number of sulfonamides is 1. The third kappa shape index (κ3) is 4.18. The zero-order chi connectivity index (χ0) is 16.5. The number of rotatable bonds is 3. The number of piperidine rings is 1. The number of carbonyl (C=O) groups excluding carboxylic acids is 1. The zero-order valence-corrected chi connectivity index (χ0v) is 15.8. The summed E-state index contributed by atoms with van der Waals surface area (Å²) < 4.78 is 32.4. The fraction of sp³-hybridized carbons (Fsp3) is 0.933. The molecule has 0 aromatic rings. The molecule has 8 heteroatoms. The Morgan fingerprint density at radius 1 is 1.22 bits per heavy atom. The Morgan fingerprint density at radius 3 is 2.39 bits per heavy atom. The topological polar surface area (TPSA) is 89.7 Å². The first-order valence-electron chi connectivity index (χ1n) is 8.02. The number of nitrogens with two attached hydrogens (primary N) is 1. The number of halogens is 1. The van der Waals surface area contributed by atoms with Gasteiger partial charge in [0.15, 0.2) is 0 Å². The van der Waals surface area contributed by atoms with Crippen LogP contribution in [-0.2, 0) is 19.6 Å². The summed E-state index contributed by atoms with van der Waals surface area (Å²) in [6.07, 6.45) is 3.50. The van der Waals surface area contributed by atoms with Crippen LogP contribution >= 0.6 is 12.4 Å². The summed E-state index contributed by atoms with van der Waals surface area (Å²) in [7, 11) is -2.18. The smallest absolute Gasteiger partial charge is 0.310 e. The first kappa shape index (κ1) is 20.7. The van der Waals surface area contributed by atoms with E-state index in [1.807, 2.05) is 13.8 Å². The van der Waals surface area contributed by atoms with Crippen LogP contribution in [0, 0.1) is 11.3 Å². The molecule has 0 aromatic carbocycles. The maximum absolute atomic E-state index is 13.0. The summed E-state index contributed by atoms with van der Waals surface area (Å²) in [6, 6.07) is 0.00158. The summed E-state index contributed by atoms with van der Waals surface area (Å²) in [5.41, 5.74) is 5.85. The van der Waals surface area contributed by atoms with Crippen molar-refractivity contribution in [1.82, 2.24) is 4.31 Å². The molecule has 2 N–H and O–H groups in total. The second kappa shape index (κ2) is 7.68. The number of hydrogen-bond acceptors (Lipinski definition) is 5. The van der Waals surface area contributed by atoms with Crippen LogP contribution in [0.5, 0.6) is 0 Å². The highest BCUT2D eigenvalue weighted by Gasteiger charge is 2.46. The van der Waals surface area contributed by atoms with Gasteiger partial charge in [-0.05, 0) is 24.7 Å². The molecule has 0 amide bonds. The van der Waals surface area contributed by atoms with Gasteiger partial charge in [-0.2, -0.15) is 0 Å². The lowest BCUT2D eigenvalue weighted by atomic mass is 9.81. The van der Waals surface area contributed by atoms with E-state index in [1.165, 1.54) is 7.11 Å². The van der Waals surface area contributed by atoms with Crippen LogP contribution in [0.4, 0.5) is 0 Å². The molecule has 1 heterocycles. The molecule has 1 saturated carbocycles. The molecule has 23 heavy (non-hydrogen) atoms. The van der Waals surface area contributed by atoms with Crippen LogP contribution in [0.15, 0.2) is 0 Å². The molecule has 3 atom stereocenters. The minimum absolute atomic E-state index is 0. The molecular weight excluding hydrogens is 340 g/mol. The van der Waals surface area contributed by atoms with Gasteiger partial charge in [-0.15, -0.1) is 12.4 Å². The van der Waals surface area contributed by atoms with E-state index in [-0.39, 0.29) is 23.9 Å². The van der Waals surface area contributed by atoms with Crippen LogP contribution < -0.4 is 5.73 Å². The predicted molar refractivity (Wildman–Crippen MR) is 91.9 cm³/mol. The molecule has 2 fully saturated rings. The van der Waals surface area contributed by atoms with Crippen LogP contribution in [0.1, 0.15) is 46.0 Å². The van der Waals surface area contributed by atoms with Gasteiger partial charge in [0.25, 0.3) is 0 Å². The molecule has 0 spiro atoms. The van der Waals surface area contributed by atoms with Crippen molar-refractivity contribution in [1.29, 1.82) is 0 Å². The van der Waals surface area contributed by atoms with E-state index in [0.29, 0.717) is 32.4 Å². The number of nitrogens with zero attached hydrogens (tertiary/aromatic N) is 1. The molecule has 0 aromatic heterocycles. The molecule has 1 aliphatic carbocycles. The van der Waals surface area contributed by atoms with Crippen molar-refractivity contribution in [2.24, 2.45) is 17.1 Å². The molecule has 2 aliphatic rings. The van der Waals surface area contributed by atoms with Gasteiger partial charge in [0, 0.05) is 19.1 Å². The van der Waals surface area contributed by atoms with Crippen molar-refractivity contribution >= 4 is 28.4 Å². The first-order chi connectivity index (χ1) is 10.2. The van der Waals surface area contributed by atoms with Crippen LogP contribution in [0.2, 0.25) is 0 Å². The Balaban J connectivity index is 0.00000264. The highest BCUT2D eigenvalue weighted by molar-refractivity contribution is 7.89. The van der Waals surface area contributed by atoms with Crippen LogP contribution in [0.25, 0.3) is 0 Å². The third-order valence-corrected chi connectivity index (χ3v) is 7.59. The number of methoxy groups -OCH3 is 1. The van der Waals surface area contributed by atoms with E-state index in [9.17, 15) is 13.2 Å². The number of carbonyl (C=O) groups is 1. The molecule has 1 saturated heterocycles. The van der Waals surface area contributed by atoms with Gasteiger partial charge in [-0.3, -0.25) is 4.79 Å². The van der Waals surface area contributed by atoms with Crippen molar-refractivity contribution < 1.29 is 17.9 Å². The van der Waals surface area contributed by atoms with Gasteiger partial charge in [0.1, 0.15) is 0 Å². The molecular formula is C15H29ClN2O4S. The number of esters is 1. The van der Waals surface area contributed by atoms with E-state index >= 15 is 0 Å². The lowest BCUT2D eigenvalue weighted by molar-refractivity contribution is -0.146.